The Morgan fingerprint density at radius 2 is 2.04 bits per heavy atom. The first-order valence-electron chi connectivity index (χ1n) is 6.62. The van der Waals surface area contributed by atoms with Crippen molar-refractivity contribution in [3.63, 3.8) is 0 Å². The molecule has 2 N–H and O–H groups in total. The summed E-state index contributed by atoms with van der Waals surface area (Å²) in [5.41, 5.74) is 3.78. The molecular formula is C15H13N3O4S. The van der Waals surface area contributed by atoms with Gasteiger partial charge in [0.25, 0.3) is 10.0 Å². The summed E-state index contributed by atoms with van der Waals surface area (Å²) in [4.78, 5) is 0.156. The summed E-state index contributed by atoms with van der Waals surface area (Å²) < 4.78 is 32.5. The Labute approximate surface area is 133 Å². The van der Waals surface area contributed by atoms with Crippen molar-refractivity contribution in [3.05, 3.63) is 53.6 Å². The number of sulfonamides is 1. The summed E-state index contributed by atoms with van der Waals surface area (Å²) in [6.07, 6.45) is 1.47. The first kappa shape index (κ1) is 15.0. The molecule has 1 heterocycles. The van der Waals surface area contributed by atoms with Crippen LogP contribution < -0.4 is 10.2 Å². The van der Waals surface area contributed by atoms with E-state index < -0.39 is 10.0 Å². The molecule has 0 radical (unpaired) electrons. The van der Waals surface area contributed by atoms with Gasteiger partial charge >= 0.3 is 0 Å². The molecule has 7 nitrogen and oxygen atoms in total. The molecule has 0 atom stereocenters. The van der Waals surface area contributed by atoms with Gasteiger partial charge in [0.15, 0.2) is 17.3 Å². The quantitative estimate of drug-likeness (QED) is 0.655. The summed E-state index contributed by atoms with van der Waals surface area (Å²) in [6, 6.07) is 11.2. The third-order valence-electron chi connectivity index (χ3n) is 3.22. The van der Waals surface area contributed by atoms with Gasteiger partial charge in [0, 0.05) is 5.56 Å². The second-order valence-electron chi connectivity index (χ2n) is 4.71. The second kappa shape index (κ2) is 5.73. The molecule has 2 aromatic rings. The molecule has 0 amide bonds. The van der Waals surface area contributed by atoms with E-state index >= 15 is 0 Å². The molecule has 3 rings (SSSR count). The zero-order valence-corrected chi connectivity index (χ0v) is 12.9. The van der Waals surface area contributed by atoms with Gasteiger partial charge in [-0.1, -0.05) is 12.1 Å². The van der Waals surface area contributed by atoms with Crippen molar-refractivity contribution in [2.45, 2.75) is 4.90 Å². The molecule has 118 valence electrons. The zero-order chi connectivity index (χ0) is 16.4. The molecule has 0 unspecified atom stereocenters. The summed E-state index contributed by atoms with van der Waals surface area (Å²) in [5, 5.41) is 13.5. The minimum absolute atomic E-state index is 0.0257. The Morgan fingerprint density at radius 1 is 1.26 bits per heavy atom. The number of hydrazone groups is 1. The first-order valence-corrected chi connectivity index (χ1v) is 8.06. The lowest BCUT2D eigenvalue weighted by molar-refractivity contribution is 0.373. The van der Waals surface area contributed by atoms with Crippen molar-refractivity contribution >= 4 is 22.1 Å². The van der Waals surface area contributed by atoms with Crippen LogP contribution in [0.3, 0.4) is 0 Å². The molecular weight excluding hydrogens is 318 g/mol. The van der Waals surface area contributed by atoms with E-state index in [-0.39, 0.29) is 16.5 Å². The van der Waals surface area contributed by atoms with E-state index in [9.17, 15) is 13.5 Å². The van der Waals surface area contributed by atoms with E-state index in [1.54, 1.807) is 30.3 Å². The molecule has 0 saturated heterocycles. The Bertz CT molecular complexity index is 920. The maximum Gasteiger partial charge on any atom is 0.285 e. The van der Waals surface area contributed by atoms with Crippen molar-refractivity contribution in [1.29, 1.82) is 0 Å². The highest BCUT2D eigenvalue weighted by Crippen LogP contribution is 2.26. The van der Waals surface area contributed by atoms with Crippen molar-refractivity contribution in [1.82, 2.24) is 5.43 Å². The number of nitrogens with zero attached hydrogens (tertiary/aromatic N) is 2. The Hall–Kier alpha value is -2.87. The van der Waals surface area contributed by atoms with Crippen LogP contribution in [-0.4, -0.2) is 32.7 Å². The third kappa shape index (κ3) is 2.88. The maximum absolute atomic E-state index is 11.9. The Kier molecular flexibility index (Phi) is 3.75. The first-order chi connectivity index (χ1) is 11.0. The van der Waals surface area contributed by atoms with Gasteiger partial charge in [0.2, 0.25) is 0 Å². The van der Waals surface area contributed by atoms with E-state index in [2.05, 4.69) is 14.9 Å². The highest BCUT2D eigenvalue weighted by Gasteiger charge is 2.28. The monoisotopic (exact) mass is 331 g/mol. The molecule has 0 fully saturated rings. The van der Waals surface area contributed by atoms with Crippen LogP contribution in [0.15, 0.2) is 56.9 Å². The van der Waals surface area contributed by atoms with E-state index in [1.807, 2.05) is 0 Å². The van der Waals surface area contributed by atoms with Crippen LogP contribution in [0.4, 0.5) is 0 Å². The average molecular weight is 331 g/mol. The van der Waals surface area contributed by atoms with Crippen LogP contribution in [0.5, 0.6) is 11.5 Å². The van der Waals surface area contributed by atoms with E-state index in [0.717, 1.165) is 0 Å². The molecule has 2 aromatic carbocycles. The molecule has 0 aromatic heterocycles. The predicted octanol–water partition coefficient (Wildman–Crippen LogP) is 1.47. The fourth-order valence-electron chi connectivity index (χ4n) is 2.13. The Balaban J connectivity index is 1.82. The minimum atomic E-state index is -3.67. The molecule has 0 bridgehead atoms. The summed E-state index contributed by atoms with van der Waals surface area (Å²) >= 11 is 0. The van der Waals surface area contributed by atoms with Gasteiger partial charge in [-0.2, -0.15) is 13.5 Å². The van der Waals surface area contributed by atoms with E-state index in [4.69, 9.17) is 4.74 Å². The number of amidine groups is 1. The summed E-state index contributed by atoms with van der Waals surface area (Å²) in [7, 11) is -2.22. The van der Waals surface area contributed by atoms with Crippen LogP contribution in [-0.2, 0) is 10.0 Å². The van der Waals surface area contributed by atoms with Gasteiger partial charge in [0.1, 0.15) is 4.90 Å². The molecule has 0 spiro atoms. The van der Waals surface area contributed by atoms with Crippen molar-refractivity contribution in [3.8, 4) is 11.5 Å². The van der Waals surface area contributed by atoms with Gasteiger partial charge in [-0.3, -0.25) is 5.43 Å². The average Bonchev–Trinajstić information content (AvgIpc) is 2.80. The van der Waals surface area contributed by atoms with E-state index in [0.29, 0.717) is 16.9 Å². The van der Waals surface area contributed by atoms with Crippen LogP contribution in [0, 0.1) is 0 Å². The maximum atomic E-state index is 11.9. The van der Waals surface area contributed by atoms with Gasteiger partial charge in [0.05, 0.1) is 13.3 Å². The third-order valence-corrected chi connectivity index (χ3v) is 4.55. The molecule has 0 saturated carbocycles. The largest absolute Gasteiger partial charge is 0.504 e. The smallest absolute Gasteiger partial charge is 0.285 e. The van der Waals surface area contributed by atoms with Crippen LogP contribution >= 0.6 is 0 Å². The van der Waals surface area contributed by atoms with Gasteiger partial charge < -0.3 is 9.84 Å². The van der Waals surface area contributed by atoms with Crippen LogP contribution in [0.2, 0.25) is 0 Å². The number of hydrogen-bond donors (Lipinski definition) is 2. The number of phenols is 1. The lowest BCUT2D eigenvalue weighted by Crippen LogP contribution is -2.17. The zero-order valence-electron chi connectivity index (χ0n) is 12.1. The van der Waals surface area contributed by atoms with Gasteiger partial charge in [-0.25, -0.2) is 0 Å². The fraction of sp³-hybridized carbons (Fsp3) is 0.0667. The lowest BCUT2D eigenvalue weighted by atomic mass is 10.2. The van der Waals surface area contributed by atoms with Crippen molar-refractivity contribution in [2.75, 3.05) is 7.11 Å². The van der Waals surface area contributed by atoms with E-state index in [1.165, 1.54) is 25.5 Å². The minimum Gasteiger partial charge on any atom is -0.504 e. The van der Waals surface area contributed by atoms with Crippen molar-refractivity contribution in [2.24, 2.45) is 9.50 Å². The standard InChI is InChI=1S/C15H13N3O4S/c1-22-13-8-10(6-7-12(13)19)9-16-17-15-11-4-2-3-5-14(11)23(20,21)18-15/h2-9,19H,1H3,(H,17,18)/b16-9-. The number of hydrogen-bond acceptors (Lipinski definition) is 6. The number of nitrogens with one attached hydrogen (secondary N) is 1. The fourth-order valence-corrected chi connectivity index (χ4v) is 3.30. The molecule has 1 aliphatic heterocycles. The number of phenolic OH excluding ortho intramolecular Hbond substituents is 1. The number of benzene rings is 2. The predicted molar refractivity (Wildman–Crippen MR) is 85.6 cm³/mol. The lowest BCUT2D eigenvalue weighted by Gasteiger charge is -2.03. The molecule has 23 heavy (non-hydrogen) atoms. The summed E-state index contributed by atoms with van der Waals surface area (Å²) in [5.74, 6) is 0.514. The van der Waals surface area contributed by atoms with Gasteiger partial charge in [-0.05, 0) is 35.9 Å². The number of methoxy groups -OCH3 is 1. The second-order valence-corrected chi connectivity index (χ2v) is 6.28. The van der Waals surface area contributed by atoms with Crippen LogP contribution in [0.1, 0.15) is 11.1 Å². The Morgan fingerprint density at radius 3 is 2.83 bits per heavy atom. The number of fused-ring (bicyclic) bond motifs is 1. The van der Waals surface area contributed by atoms with Gasteiger partial charge in [-0.15, -0.1) is 4.40 Å². The van der Waals surface area contributed by atoms with Crippen LogP contribution in [0.25, 0.3) is 0 Å². The van der Waals surface area contributed by atoms with Crippen molar-refractivity contribution < 1.29 is 18.3 Å². The number of aromatic hydroxyl groups is 1. The molecule has 1 aliphatic rings. The highest BCUT2D eigenvalue weighted by molar-refractivity contribution is 7.90. The number of ether oxygens (including phenoxy) is 1. The normalized spacial score (nSPS) is 15.3. The number of rotatable bonds is 3. The molecule has 0 aliphatic carbocycles. The topological polar surface area (TPSA) is 100 Å². The highest BCUT2D eigenvalue weighted by atomic mass is 32.2. The molecule has 8 heteroatoms. The SMILES string of the molecule is COc1cc(/C=N\NC2=NS(=O)(=O)c3ccccc32)ccc1O. The summed E-state index contributed by atoms with van der Waals surface area (Å²) in [6.45, 7) is 0.